The molecule has 0 N–H and O–H groups in total. The molecule has 5 heteroatoms. The highest BCUT2D eigenvalue weighted by Crippen LogP contribution is 2.39. The van der Waals surface area contributed by atoms with Crippen LogP contribution >= 0.6 is 22.7 Å². The van der Waals surface area contributed by atoms with E-state index in [1.54, 1.807) is 0 Å². The Kier molecular flexibility index (Phi) is 5.32. The van der Waals surface area contributed by atoms with E-state index in [1.165, 1.54) is 40.3 Å². The maximum Gasteiger partial charge on any atom is 0.160 e. The van der Waals surface area contributed by atoms with Crippen LogP contribution in [0.2, 0.25) is 0 Å². The van der Waals surface area contributed by atoms with Gasteiger partial charge in [-0.15, -0.1) is 22.7 Å². The molecule has 0 aliphatic rings. The number of hydrogen-bond donors (Lipinski definition) is 0. The van der Waals surface area contributed by atoms with Crippen LogP contribution in [0.1, 0.15) is 0 Å². The molecule has 45 heavy (non-hydrogen) atoms. The molecule has 10 rings (SSSR count). The maximum absolute atomic E-state index is 6.13. The van der Waals surface area contributed by atoms with Gasteiger partial charge in [0, 0.05) is 67.8 Å². The minimum absolute atomic E-state index is 0.717. The Morgan fingerprint density at radius 1 is 0.378 bits per heavy atom. The molecule has 0 spiro atoms. The van der Waals surface area contributed by atoms with Gasteiger partial charge < -0.3 is 4.42 Å². The molecular weight excluding hydrogens is 589 g/mol. The van der Waals surface area contributed by atoms with Crippen molar-refractivity contribution in [2.75, 3.05) is 0 Å². The standard InChI is InChI=1S/C40H22N2OS2/c1-4-10-34-26(7-1)30-19-23(14-17-35(30)43-34)32-22-33(24-15-18-38-31(20-24)28-9-3-6-12-37(28)44-38)42-40(41-32)25-13-16-29-27-8-2-5-11-36(27)45-39(29)21-25/h1-22H. The molecule has 0 saturated heterocycles. The Balaban J connectivity index is 1.20. The first-order chi connectivity index (χ1) is 22.2. The molecule has 0 saturated carbocycles. The molecule has 4 aromatic heterocycles. The smallest absolute Gasteiger partial charge is 0.160 e. The second-order valence-corrected chi connectivity index (χ2v) is 13.6. The van der Waals surface area contributed by atoms with Gasteiger partial charge in [-0.2, -0.15) is 0 Å². The summed E-state index contributed by atoms with van der Waals surface area (Å²) < 4.78 is 11.2. The zero-order valence-electron chi connectivity index (χ0n) is 23.8. The predicted octanol–water partition coefficient (Wildman–Crippen LogP) is 12.1. The summed E-state index contributed by atoms with van der Waals surface area (Å²) in [7, 11) is 0. The van der Waals surface area contributed by atoms with Gasteiger partial charge in [0.25, 0.3) is 0 Å². The van der Waals surface area contributed by atoms with Crippen LogP contribution in [0.4, 0.5) is 0 Å². The predicted molar refractivity (Wildman–Crippen MR) is 191 cm³/mol. The van der Waals surface area contributed by atoms with E-state index in [0.29, 0.717) is 5.82 Å². The largest absolute Gasteiger partial charge is 0.456 e. The van der Waals surface area contributed by atoms with Crippen LogP contribution in [-0.2, 0) is 0 Å². The van der Waals surface area contributed by atoms with Crippen LogP contribution in [0, 0.1) is 0 Å². The summed E-state index contributed by atoms with van der Waals surface area (Å²) in [5.41, 5.74) is 6.67. The van der Waals surface area contributed by atoms with Gasteiger partial charge in [0.2, 0.25) is 0 Å². The van der Waals surface area contributed by atoms with E-state index >= 15 is 0 Å². The van der Waals surface area contributed by atoms with Crippen molar-refractivity contribution >= 4 is 85.0 Å². The SMILES string of the molecule is c1ccc2c(c1)oc1ccc(-c3cc(-c4ccc5sc6ccccc6c5c4)nc(-c4ccc5c(c4)sc4ccccc45)n3)cc12. The zero-order chi connectivity index (χ0) is 29.5. The first-order valence-corrected chi connectivity index (χ1v) is 16.5. The molecular formula is C40H22N2OS2. The van der Waals surface area contributed by atoms with Crippen LogP contribution in [0.3, 0.4) is 0 Å². The number of aromatic nitrogens is 2. The second-order valence-electron chi connectivity index (χ2n) is 11.4. The summed E-state index contributed by atoms with van der Waals surface area (Å²) in [5, 5.41) is 7.28. The Morgan fingerprint density at radius 3 is 1.73 bits per heavy atom. The molecule has 6 aromatic carbocycles. The van der Waals surface area contributed by atoms with Gasteiger partial charge in [-0.05, 0) is 60.7 Å². The average Bonchev–Trinajstić information content (AvgIpc) is 3.78. The highest BCUT2D eigenvalue weighted by molar-refractivity contribution is 7.26. The third-order valence-electron chi connectivity index (χ3n) is 8.71. The molecule has 10 aromatic rings. The van der Waals surface area contributed by atoms with Crippen molar-refractivity contribution in [2.45, 2.75) is 0 Å². The van der Waals surface area contributed by atoms with Crippen LogP contribution in [0.25, 0.3) is 96.2 Å². The number of fused-ring (bicyclic) bond motifs is 9. The van der Waals surface area contributed by atoms with E-state index in [4.69, 9.17) is 14.4 Å². The second kappa shape index (κ2) is 9.57. The summed E-state index contributed by atoms with van der Waals surface area (Å²) in [4.78, 5) is 10.4. The number of rotatable bonds is 3. The topological polar surface area (TPSA) is 38.9 Å². The summed E-state index contributed by atoms with van der Waals surface area (Å²) in [6.45, 7) is 0. The Hall–Kier alpha value is -5.36. The molecule has 0 radical (unpaired) electrons. The van der Waals surface area contributed by atoms with E-state index in [9.17, 15) is 0 Å². The lowest BCUT2D eigenvalue weighted by Gasteiger charge is -2.10. The van der Waals surface area contributed by atoms with Crippen molar-refractivity contribution in [3.63, 3.8) is 0 Å². The lowest BCUT2D eigenvalue weighted by Crippen LogP contribution is -1.96. The zero-order valence-corrected chi connectivity index (χ0v) is 25.5. The molecule has 210 valence electrons. The fraction of sp³-hybridized carbons (Fsp3) is 0. The molecule has 0 unspecified atom stereocenters. The Labute approximate surface area is 265 Å². The van der Waals surface area contributed by atoms with Crippen molar-refractivity contribution in [3.05, 3.63) is 133 Å². The summed E-state index contributed by atoms with van der Waals surface area (Å²) in [6, 6.07) is 47.2. The first kappa shape index (κ1) is 25.0. The normalized spacial score (nSPS) is 12.0. The van der Waals surface area contributed by atoms with E-state index in [2.05, 4.69) is 121 Å². The number of hydrogen-bond acceptors (Lipinski definition) is 5. The van der Waals surface area contributed by atoms with Crippen LogP contribution in [0.5, 0.6) is 0 Å². The number of benzene rings is 6. The first-order valence-electron chi connectivity index (χ1n) is 14.9. The van der Waals surface area contributed by atoms with E-state index in [1.807, 2.05) is 34.8 Å². The summed E-state index contributed by atoms with van der Waals surface area (Å²) >= 11 is 3.64. The molecule has 0 fully saturated rings. The minimum atomic E-state index is 0.717. The fourth-order valence-corrected chi connectivity index (χ4v) is 8.74. The average molecular weight is 611 g/mol. The van der Waals surface area contributed by atoms with Gasteiger partial charge in [-0.25, -0.2) is 9.97 Å². The monoisotopic (exact) mass is 610 g/mol. The van der Waals surface area contributed by atoms with Crippen molar-refractivity contribution < 1.29 is 4.42 Å². The van der Waals surface area contributed by atoms with E-state index in [-0.39, 0.29) is 0 Å². The molecule has 0 aliphatic carbocycles. The van der Waals surface area contributed by atoms with Gasteiger partial charge in [-0.3, -0.25) is 0 Å². The Bertz CT molecular complexity index is 2650. The fourth-order valence-electron chi connectivity index (χ4n) is 6.51. The highest BCUT2D eigenvalue weighted by Gasteiger charge is 2.16. The van der Waals surface area contributed by atoms with Gasteiger partial charge in [0.1, 0.15) is 11.2 Å². The van der Waals surface area contributed by atoms with Crippen molar-refractivity contribution in [1.82, 2.24) is 9.97 Å². The van der Waals surface area contributed by atoms with E-state index < -0.39 is 0 Å². The van der Waals surface area contributed by atoms with E-state index in [0.717, 1.165) is 50.0 Å². The maximum atomic E-state index is 6.13. The Morgan fingerprint density at radius 2 is 0.933 bits per heavy atom. The molecule has 0 amide bonds. The van der Waals surface area contributed by atoms with Crippen LogP contribution < -0.4 is 0 Å². The third kappa shape index (κ3) is 3.95. The molecule has 4 heterocycles. The lowest BCUT2D eigenvalue weighted by molar-refractivity contribution is 0.669. The summed E-state index contributed by atoms with van der Waals surface area (Å²) in [5.74, 6) is 0.717. The molecule has 0 aliphatic heterocycles. The third-order valence-corrected chi connectivity index (χ3v) is 11.0. The van der Waals surface area contributed by atoms with Gasteiger partial charge in [-0.1, -0.05) is 72.8 Å². The van der Waals surface area contributed by atoms with Crippen LogP contribution in [-0.4, -0.2) is 9.97 Å². The molecule has 0 atom stereocenters. The number of furan rings is 1. The van der Waals surface area contributed by atoms with Crippen LogP contribution in [0.15, 0.2) is 138 Å². The number of thiophene rings is 2. The number of nitrogens with zero attached hydrogens (tertiary/aromatic N) is 2. The van der Waals surface area contributed by atoms with Gasteiger partial charge in [0.15, 0.2) is 5.82 Å². The quantitative estimate of drug-likeness (QED) is 0.200. The van der Waals surface area contributed by atoms with Crippen molar-refractivity contribution in [3.8, 4) is 33.9 Å². The van der Waals surface area contributed by atoms with Gasteiger partial charge >= 0.3 is 0 Å². The van der Waals surface area contributed by atoms with Crippen molar-refractivity contribution in [2.24, 2.45) is 0 Å². The van der Waals surface area contributed by atoms with Crippen molar-refractivity contribution in [1.29, 1.82) is 0 Å². The summed E-state index contributed by atoms with van der Waals surface area (Å²) in [6.07, 6.45) is 0. The van der Waals surface area contributed by atoms with Gasteiger partial charge in [0.05, 0.1) is 11.4 Å². The number of para-hydroxylation sites is 1. The molecule has 3 nitrogen and oxygen atoms in total. The lowest BCUT2D eigenvalue weighted by atomic mass is 10.0. The minimum Gasteiger partial charge on any atom is -0.456 e. The molecule has 0 bridgehead atoms. The highest BCUT2D eigenvalue weighted by atomic mass is 32.1.